The van der Waals surface area contributed by atoms with Crippen molar-refractivity contribution in [3.63, 3.8) is 0 Å². The maximum Gasteiger partial charge on any atom is 0.243 e. The Balaban J connectivity index is 1.87. The molecule has 5 heteroatoms. The lowest BCUT2D eigenvalue weighted by atomic mass is 9.86. The third kappa shape index (κ3) is 9.13. The Labute approximate surface area is 237 Å². The van der Waals surface area contributed by atoms with Gasteiger partial charge in [0.25, 0.3) is 0 Å². The fourth-order valence-electron chi connectivity index (χ4n) is 4.37. The molecule has 202 valence electrons. The van der Waals surface area contributed by atoms with Gasteiger partial charge in [0.05, 0.1) is 0 Å². The van der Waals surface area contributed by atoms with Crippen LogP contribution in [0.15, 0.2) is 83.3 Å². The van der Waals surface area contributed by atoms with Crippen molar-refractivity contribution in [2.45, 2.75) is 71.9 Å². The normalized spacial score (nSPS) is 12.3. The van der Waals surface area contributed by atoms with Crippen LogP contribution in [0, 0.1) is 5.92 Å². The zero-order chi connectivity index (χ0) is 27.7. The first-order valence-electron chi connectivity index (χ1n) is 13.5. The van der Waals surface area contributed by atoms with Crippen LogP contribution in [0.1, 0.15) is 63.3 Å². The Bertz CT molecular complexity index is 1180. The van der Waals surface area contributed by atoms with Crippen LogP contribution in [0.25, 0.3) is 0 Å². The number of hydrogen-bond donors (Lipinski definition) is 1. The molecule has 0 aromatic heterocycles. The zero-order valence-electron chi connectivity index (χ0n) is 23.3. The first kappa shape index (κ1) is 29.6. The van der Waals surface area contributed by atoms with Gasteiger partial charge >= 0.3 is 0 Å². The SMILES string of the molecule is CC(C)CNC(=O)[C@@H](Cc1ccccc1)N(Cc1cccc(Br)c1)C(=O)CCc1ccc(C(C)(C)C)cc1. The van der Waals surface area contributed by atoms with Crippen LogP contribution in [0.3, 0.4) is 0 Å². The summed E-state index contributed by atoms with van der Waals surface area (Å²) in [7, 11) is 0. The topological polar surface area (TPSA) is 49.4 Å². The second-order valence-electron chi connectivity index (χ2n) is 11.4. The highest BCUT2D eigenvalue weighted by Crippen LogP contribution is 2.23. The number of amides is 2. The minimum atomic E-state index is -0.606. The quantitative estimate of drug-likeness (QED) is 0.265. The molecule has 0 saturated carbocycles. The van der Waals surface area contributed by atoms with E-state index in [0.717, 1.165) is 21.2 Å². The van der Waals surface area contributed by atoms with Crippen molar-refractivity contribution in [3.8, 4) is 0 Å². The predicted octanol–water partition coefficient (Wildman–Crippen LogP) is 7.09. The van der Waals surface area contributed by atoms with Crippen LogP contribution < -0.4 is 5.32 Å². The van der Waals surface area contributed by atoms with Crippen LogP contribution in [0.2, 0.25) is 0 Å². The Kier molecular flexibility index (Phi) is 10.7. The minimum absolute atomic E-state index is 0.0227. The van der Waals surface area contributed by atoms with Gasteiger partial charge < -0.3 is 10.2 Å². The summed E-state index contributed by atoms with van der Waals surface area (Å²) in [4.78, 5) is 29.2. The molecule has 0 radical (unpaired) electrons. The molecule has 0 aliphatic carbocycles. The highest BCUT2D eigenvalue weighted by molar-refractivity contribution is 9.10. The molecule has 3 aromatic rings. The van der Waals surface area contributed by atoms with E-state index in [4.69, 9.17) is 0 Å². The van der Waals surface area contributed by atoms with Crippen LogP contribution in [-0.4, -0.2) is 29.3 Å². The molecule has 38 heavy (non-hydrogen) atoms. The van der Waals surface area contributed by atoms with Crippen molar-refractivity contribution in [2.75, 3.05) is 6.54 Å². The van der Waals surface area contributed by atoms with Gasteiger partial charge in [-0.2, -0.15) is 0 Å². The maximum absolute atomic E-state index is 13.8. The minimum Gasteiger partial charge on any atom is -0.354 e. The second-order valence-corrected chi connectivity index (χ2v) is 12.4. The third-order valence-corrected chi connectivity index (χ3v) is 7.14. The second kappa shape index (κ2) is 13.7. The lowest BCUT2D eigenvalue weighted by molar-refractivity contribution is -0.141. The van der Waals surface area contributed by atoms with Gasteiger partial charge in [0.2, 0.25) is 11.8 Å². The fourth-order valence-corrected chi connectivity index (χ4v) is 4.82. The lowest BCUT2D eigenvalue weighted by Crippen LogP contribution is -2.51. The van der Waals surface area contributed by atoms with E-state index in [1.54, 1.807) is 4.90 Å². The molecule has 0 saturated heterocycles. The van der Waals surface area contributed by atoms with E-state index in [9.17, 15) is 9.59 Å². The molecule has 0 heterocycles. The van der Waals surface area contributed by atoms with Crippen LogP contribution in [0.4, 0.5) is 0 Å². The number of aryl methyl sites for hydroxylation is 1. The summed E-state index contributed by atoms with van der Waals surface area (Å²) in [5, 5.41) is 3.09. The highest BCUT2D eigenvalue weighted by atomic mass is 79.9. The molecule has 1 atom stereocenters. The maximum atomic E-state index is 13.8. The van der Waals surface area contributed by atoms with Crippen molar-refractivity contribution in [1.82, 2.24) is 10.2 Å². The molecule has 0 aliphatic rings. The smallest absolute Gasteiger partial charge is 0.243 e. The summed E-state index contributed by atoms with van der Waals surface area (Å²) in [5.41, 5.74) is 4.49. The number of halogens is 1. The van der Waals surface area contributed by atoms with Crippen LogP contribution in [-0.2, 0) is 34.4 Å². The van der Waals surface area contributed by atoms with Gasteiger partial charge in [-0.25, -0.2) is 0 Å². The first-order chi connectivity index (χ1) is 18.0. The molecule has 1 N–H and O–H groups in total. The Morgan fingerprint density at radius 3 is 2.13 bits per heavy atom. The molecule has 3 rings (SSSR count). The average Bonchev–Trinajstić information content (AvgIpc) is 2.88. The molecular formula is C33H41BrN2O2. The van der Waals surface area contributed by atoms with Crippen molar-refractivity contribution in [2.24, 2.45) is 5.92 Å². The van der Waals surface area contributed by atoms with E-state index in [1.807, 2.05) is 54.6 Å². The summed E-state index contributed by atoms with van der Waals surface area (Å²) in [6.45, 7) is 11.7. The molecule has 0 unspecified atom stereocenters. The van der Waals surface area contributed by atoms with Crippen molar-refractivity contribution >= 4 is 27.7 Å². The number of nitrogens with zero attached hydrogens (tertiary/aromatic N) is 1. The summed E-state index contributed by atoms with van der Waals surface area (Å²) in [5.74, 6) is 0.188. The van der Waals surface area contributed by atoms with Crippen molar-refractivity contribution in [3.05, 3.63) is 106 Å². The highest BCUT2D eigenvalue weighted by Gasteiger charge is 2.30. The number of rotatable bonds is 11. The number of nitrogens with one attached hydrogen (secondary N) is 1. The van der Waals surface area contributed by atoms with E-state index >= 15 is 0 Å². The number of benzene rings is 3. The third-order valence-electron chi connectivity index (χ3n) is 6.65. The molecule has 2 amide bonds. The number of hydrogen-bond acceptors (Lipinski definition) is 2. The molecule has 4 nitrogen and oxygen atoms in total. The van der Waals surface area contributed by atoms with Crippen LogP contribution in [0.5, 0.6) is 0 Å². The van der Waals surface area contributed by atoms with E-state index in [-0.39, 0.29) is 17.2 Å². The van der Waals surface area contributed by atoms with E-state index in [0.29, 0.717) is 38.3 Å². The van der Waals surface area contributed by atoms with Crippen molar-refractivity contribution in [1.29, 1.82) is 0 Å². The van der Waals surface area contributed by atoms with Gasteiger partial charge in [0, 0.05) is 30.4 Å². The summed E-state index contributed by atoms with van der Waals surface area (Å²) in [6.07, 6.45) is 1.43. The summed E-state index contributed by atoms with van der Waals surface area (Å²) in [6, 6.07) is 25.8. The Morgan fingerprint density at radius 2 is 1.53 bits per heavy atom. The predicted molar refractivity (Wildman–Crippen MR) is 160 cm³/mol. The van der Waals surface area contributed by atoms with Crippen LogP contribution >= 0.6 is 15.9 Å². The van der Waals surface area contributed by atoms with E-state index < -0.39 is 6.04 Å². The van der Waals surface area contributed by atoms with Gasteiger partial charge in [-0.15, -0.1) is 0 Å². The standard InChI is InChI=1S/C33H41BrN2O2/c1-24(2)22-35-32(38)30(21-26-10-7-6-8-11-26)36(23-27-12-9-13-29(34)20-27)31(37)19-16-25-14-17-28(18-15-25)33(3,4)5/h6-15,17-18,20,24,30H,16,19,21-23H2,1-5H3,(H,35,38)/t30-/m1/s1. The van der Waals surface area contributed by atoms with Crippen molar-refractivity contribution < 1.29 is 9.59 Å². The fraction of sp³-hybridized carbons (Fsp3) is 0.394. The molecular weight excluding hydrogens is 536 g/mol. The van der Waals surface area contributed by atoms with E-state index in [2.05, 4.69) is 80.1 Å². The number of carbonyl (C=O) groups is 2. The Hall–Kier alpha value is -2.92. The van der Waals surface area contributed by atoms with Gasteiger partial charge in [0.1, 0.15) is 6.04 Å². The number of carbonyl (C=O) groups excluding carboxylic acids is 2. The molecule has 0 fully saturated rings. The molecule has 0 spiro atoms. The lowest BCUT2D eigenvalue weighted by Gasteiger charge is -2.32. The Morgan fingerprint density at radius 1 is 0.868 bits per heavy atom. The van der Waals surface area contributed by atoms with Gasteiger partial charge in [-0.1, -0.05) is 117 Å². The van der Waals surface area contributed by atoms with Gasteiger partial charge in [0.15, 0.2) is 0 Å². The monoisotopic (exact) mass is 576 g/mol. The summed E-state index contributed by atoms with van der Waals surface area (Å²) < 4.78 is 0.949. The summed E-state index contributed by atoms with van der Waals surface area (Å²) >= 11 is 3.55. The molecule has 0 bridgehead atoms. The largest absolute Gasteiger partial charge is 0.354 e. The van der Waals surface area contributed by atoms with Gasteiger partial charge in [-0.05, 0) is 52.1 Å². The zero-order valence-corrected chi connectivity index (χ0v) is 24.9. The van der Waals surface area contributed by atoms with E-state index in [1.165, 1.54) is 5.56 Å². The average molecular weight is 578 g/mol. The first-order valence-corrected chi connectivity index (χ1v) is 14.3. The molecule has 0 aliphatic heterocycles. The van der Waals surface area contributed by atoms with Gasteiger partial charge in [-0.3, -0.25) is 9.59 Å². The molecule has 3 aromatic carbocycles.